The van der Waals surface area contributed by atoms with Crippen molar-refractivity contribution in [1.29, 1.82) is 0 Å². The number of aryl methyl sites for hydroxylation is 1. The molecule has 3 aromatic heterocycles. The summed E-state index contributed by atoms with van der Waals surface area (Å²) in [5.41, 5.74) is 4.63. The number of anilines is 2. The molecule has 1 aliphatic rings. The van der Waals surface area contributed by atoms with E-state index in [4.69, 9.17) is 15.1 Å². The van der Waals surface area contributed by atoms with Crippen LogP contribution in [0.25, 0.3) is 28.1 Å². The van der Waals surface area contributed by atoms with Crippen LogP contribution < -0.4 is 10.2 Å². The summed E-state index contributed by atoms with van der Waals surface area (Å²) in [4.78, 5) is 16.1. The van der Waals surface area contributed by atoms with Crippen LogP contribution in [0.15, 0.2) is 36.4 Å². The summed E-state index contributed by atoms with van der Waals surface area (Å²) in [7, 11) is 1.84. The highest BCUT2D eigenvalue weighted by atomic mass is 19.1. The van der Waals surface area contributed by atoms with Crippen LogP contribution in [-0.2, 0) is 0 Å². The van der Waals surface area contributed by atoms with E-state index >= 15 is 0 Å². The molecule has 8 heteroatoms. The number of nitrogens with one attached hydrogen (secondary N) is 1. The average Bonchev–Trinajstić information content (AvgIpc) is 3.39. The highest BCUT2D eigenvalue weighted by Crippen LogP contribution is 2.27. The molecule has 0 aliphatic carbocycles. The Morgan fingerprint density at radius 1 is 1.10 bits per heavy atom. The van der Waals surface area contributed by atoms with Gasteiger partial charge in [-0.1, -0.05) is 32.4 Å². The van der Waals surface area contributed by atoms with E-state index in [0.717, 1.165) is 34.1 Å². The fourth-order valence-electron chi connectivity index (χ4n) is 3.67. The Bertz CT molecular complexity index is 1200. The first kappa shape index (κ1) is 21.0. The largest absolute Gasteiger partial charge is 0.373 e. The van der Waals surface area contributed by atoms with E-state index in [1.54, 1.807) is 4.52 Å². The third-order valence-electron chi connectivity index (χ3n) is 5.11. The number of rotatable bonds is 3. The second-order valence-electron chi connectivity index (χ2n) is 7.73. The predicted octanol–water partition coefficient (Wildman–Crippen LogP) is 4.65. The molecule has 1 unspecified atom stereocenters. The Morgan fingerprint density at radius 3 is 2.45 bits per heavy atom. The van der Waals surface area contributed by atoms with Gasteiger partial charge in [-0.2, -0.15) is 9.61 Å². The highest BCUT2D eigenvalue weighted by molar-refractivity contribution is 5.78. The number of nitrogens with zero attached hydrogens (tertiary/aromatic N) is 6. The maximum atomic E-state index is 13.6. The monoisotopic (exact) mass is 421 g/mol. The van der Waals surface area contributed by atoms with E-state index in [9.17, 15) is 4.39 Å². The van der Waals surface area contributed by atoms with Crippen molar-refractivity contribution in [2.75, 3.05) is 30.4 Å². The van der Waals surface area contributed by atoms with Crippen LogP contribution in [0.1, 0.15) is 32.4 Å². The number of hydrogen-bond acceptors (Lipinski definition) is 6. The Labute approximate surface area is 181 Å². The van der Waals surface area contributed by atoms with Crippen molar-refractivity contribution in [3.05, 3.63) is 42.1 Å². The zero-order valence-corrected chi connectivity index (χ0v) is 18.4. The summed E-state index contributed by atoms with van der Waals surface area (Å²) < 4.78 is 15.4. The molecule has 4 aromatic rings. The molecule has 1 saturated heterocycles. The molecule has 0 spiro atoms. The number of halogens is 1. The van der Waals surface area contributed by atoms with Crippen molar-refractivity contribution < 1.29 is 4.39 Å². The Morgan fingerprint density at radius 2 is 1.81 bits per heavy atom. The molecule has 0 amide bonds. The molecule has 1 fully saturated rings. The van der Waals surface area contributed by atoms with Gasteiger partial charge in [-0.25, -0.2) is 19.3 Å². The van der Waals surface area contributed by atoms with Gasteiger partial charge in [-0.3, -0.25) is 0 Å². The van der Waals surface area contributed by atoms with E-state index in [1.807, 2.05) is 55.3 Å². The third-order valence-corrected chi connectivity index (χ3v) is 5.11. The number of benzene rings is 1. The van der Waals surface area contributed by atoms with Gasteiger partial charge in [-0.05, 0) is 25.5 Å². The maximum absolute atomic E-state index is 13.6. The van der Waals surface area contributed by atoms with Gasteiger partial charge in [0, 0.05) is 25.7 Å². The number of aromatic nitrogens is 5. The van der Waals surface area contributed by atoms with Crippen molar-refractivity contribution in [3.63, 3.8) is 0 Å². The smallest absolute Gasteiger partial charge is 0.160 e. The normalized spacial score (nSPS) is 15.9. The summed E-state index contributed by atoms with van der Waals surface area (Å²) in [5, 5.41) is 7.86. The average molecular weight is 422 g/mol. The van der Waals surface area contributed by atoms with Crippen LogP contribution in [0, 0.1) is 6.92 Å². The van der Waals surface area contributed by atoms with Gasteiger partial charge in [0.2, 0.25) is 0 Å². The lowest BCUT2D eigenvalue weighted by Crippen LogP contribution is -2.21. The van der Waals surface area contributed by atoms with Gasteiger partial charge in [0.25, 0.3) is 0 Å². The molecule has 1 atom stereocenters. The van der Waals surface area contributed by atoms with Crippen LogP contribution in [0.4, 0.5) is 16.0 Å². The minimum absolute atomic E-state index is 0.378. The molecule has 31 heavy (non-hydrogen) atoms. The topological polar surface area (TPSA) is 71.2 Å². The number of alkyl halides is 1. The number of hydrogen-bond donors (Lipinski definition) is 1. The second-order valence-corrected chi connectivity index (χ2v) is 7.73. The lowest BCUT2D eigenvalue weighted by Gasteiger charge is -2.17. The Kier molecular flexibility index (Phi) is 5.97. The van der Waals surface area contributed by atoms with Gasteiger partial charge in [-0.15, -0.1) is 0 Å². The molecular weight excluding hydrogens is 393 g/mol. The van der Waals surface area contributed by atoms with Crippen molar-refractivity contribution in [1.82, 2.24) is 24.6 Å². The molecule has 0 radical (unpaired) electrons. The first-order valence-corrected chi connectivity index (χ1v) is 10.7. The van der Waals surface area contributed by atoms with Crippen molar-refractivity contribution in [2.45, 2.75) is 39.8 Å². The Hall–Kier alpha value is -3.29. The van der Waals surface area contributed by atoms with Crippen LogP contribution in [0.3, 0.4) is 0 Å². The van der Waals surface area contributed by atoms with Crippen LogP contribution in [0.2, 0.25) is 0 Å². The first-order valence-electron chi connectivity index (χ1n) is 10.7. The van der Waals surface area contributed by atoms with E-state index in [0.29, 0.717) is 30.9 Å². The quantitative estimate of drug-likeness (QED) is 0.519. The lowest BCUT2D eigenvalue weighted by molar-refractivity contribution is 0.364. The zero-order valence-electron chi connectivity index (χ0n) is 18.4. The van der Waals surface area contributed by atoms with E-state index < -0.39 is 6.17 Å². The standard InChI is InChI=1S/C20H20FN7.C3H8/c1-12-20(24-15-6-4-3-5-14(15)23-12)16-9-19-25-18(27-8-7-13(21)11-27)10-17(22-2)28(19)26-16;1-3-2/h3-6,9-10,13,22H,7-8,11H2,1-2H3;3H2,1-2H3. The van der Waals surface area contributed by atoms with Gasteiger partial charge in [0.1, 0.15) is 29.2 Å². The summed E-state index contributed by atoms with van der Waals surface area (Å²) in [6.45, 7) is 7.23. The third kappa shape index (κ3) is 4.15. The van der Waals surface area contributed by atoms with Gasteiger partial charge in [0.05, 0.1) is 23.3 Å². The van der Waals surface area contributed by atoms with E-state index in [-0.39, 0.29) is 0 Å². The molecule has 1 aromatic carbocycles. The van der Waals surface area contributed by atoms with Crippen molar-refractivity contribution >= 4 is 28.3 Å². The van der Waals surface area contributed by atoms with Crippen molar-refractivity contribution in [3.8, 4) is 11.4 Å². The summed E-state index contributed by atoms with van der Waals surface area (Å²) in [6.07, 6.45) is 0.991. The summed E-state index contributed by atoms with van der Waals surface area (Å²) >= 11 is 0. The second kappa shape index (κ2) is 8.83. The molecule has 1 N–H and O–H groups in total. The molecule has 1 aliphatic heterocycles. The fourth-order valence-corrected chi connectivity index (χ4v) is 3.67. The fraction of sp³-hybridized carbons (Fsp3) is 0.391. The molecule has 162 valence electrons. The zero-order chi connectivity index (χ0) is 22.0. The Balaban J connectivity index is 0.000000730. The van der Waals surface area contributed by atoms with E-state index in [2.05, 4.69) is 24.1 Å². The van der Waals surface area contributed by atoms with Gasteiger partial charge >= 0.3 is 0 Å². The van der Waals surface area contributed by atoms with E-state index in [1.165, 1.54) is 6.42 Å². The minimum Gasteiger partial charge on any atom is -0.373 e. The van der Waals surface area contributed by atoms with Gasteiger partial charge in [0.15, 0.2) is 5.65 Å². The van der Waals surface area contributed by atoms with Crippen LogP contribution in [0.5, 0.6) is 0 Å². The molecule has 0 bridgehead atoms. The molecule has 7 nitrogen and oxygen atoms in total. The summed E-state index contributed by atoms with van der Waals surface area (Å²) in [6, 6.07) is 11.6. The van der Waals surface area contributed by atoms with Crippen LogP contribution in [-0.4, -0.2) is 50.9 Å². The lowest BCUT2D eigenvalue weighted by atomic mass is 10.2. The molecule has 4 heterocycles. The first-order chi connectivity index (χ1) is 15.0. The van der Waals surface area contributed by atoms with Crippen LogP contribution >= 0.6 is 0 Å². The molecule has 0 saturated carbocycles. The summed E-state index contributed by atoms with van der Waals surface area (Å²) in [5.74, 6) is 1.55. The van der Waals surface area contributed by atoms with Crippen molar-refractivity contribution in [2.24, 2.45) is 0 Å². The predicted molar refractivity (Wildman–Crippen MR) is 123 cm³/mol. The minimum atomic E-state index is -0.799. The maximum Gasteiger partial charge on any atom is 0.160 e. The SMILES string of the molecule is CCC.CNc1cc(N2CCC(F)C2)nc2cc(-c3nc4ccccc4nc3C)nn12. The molecule has 5 rings (SSSR count). The molecular formula is C23H28FN7. The van der Waals surface area contributed by atoms with Gasteiger partial charge < -0.3 is 10.2 Å². The number of para-hydroxylation sites is 2. The highest BCUT2D eigenvalue weighted by Gasteiger charge is 2.24. The number of fused-ring (bicyclic) bond motifs is 2.